The molecule has 0 aliphatic carbocycles. The highest BCUT2D eigenvalue weighted by Gasteiger charge is 2.30. The number of amides is 1. The summed E-state index contributed by atoms with van der Waals surface area (Å²) in [6.07, 6.45) is 2.11. The van der Waals surface area contributed by atoms with Gasteiger partial charge in [0.05, 0.1) is 5.92 Å². The lowest BCUT2D eigenvalue weighted by Crippen LogP contribution is -2.37. The van der Waals surface area contributed by atoms with E-state index in [1.807, 2.05) is 30.3 Å². The molecule has 2 N–H and O–H groups in total. The molecule has 1 aliphatic heterocycles. The smallest absolute Gasteiger partial charge is 0.225 e. The Morgan fingerprint density at radius 3 is 2.41 bits per heavy atom. The minimum atomic E-state index is -0.189. The van der Waals surface area contributed by atoms with Gasteiger partial charge in [-0.3, -0.25) is 4.79 Å². The number of benzene rings is 1. The van der Waals surface area contributed by atoms with Crippen LogP contribution in [0.2, 0.25) is 0 Å². The molecule has 1 aliphatic rings. The van der Waals surface area contributed by atoms with Gasteiger partial charge < -0.3 is 10.6 Å². The van der Waals surface area contributed by atoms with Crippen LogP contribution in [-0.4, -0.2) is 30.9 Å². The molecule has 3 nitrogen and oxygen atoms in total. The van der Waals surface area contributed by atoms with Gasteiger partial charge >= 0.3 is 0 Å². The van der Waals surface area contributed by atoms with Crippen molar-refractivity contribution in [2.24, 2.45) is 11.7 Å². The zero-order valence-corrected chi connectivity index (χ0v) is 10.3. The lowest BCUT2D eigenvalue weighted by molar-refractivity contribution is -0.121. The number of nitrogens with zero attached hydrogens (tertiary/aromatic N) is 1. The average Bonchev–Trinajstić information content (AvgIpc) is 2.33. The fourth-order valence-corrected chi connectivity index (χ4v) is 2.69. The van der Waals surface area contributed by atoms with E-state index in [1.165, 1.54) is 0 Å². The number of carbonyl (C=O) groups excluding carboxylic acids is 1. The van der Waals surface area contributed by atoms with Crippen molar-refractivity contribution in [1.82, 2.24) is 4.90 Å². The van der Waals surface area contributed by atoms with Crippen molar-refractivity contribution < 1.29 is 4.79 Å². The minimum absolute atomic E-state index is 0.120. The molecule has 1 amide bonds. The summed E-state index contributed by atoms with van der Waals surface area (Å²) >= 11 is 0. The van der Waals surface area contributed by atoms with E-state index in [4.69, 9.17) is 5.73 Å². The molecule has 1 aromatic rings. The third-order valence-electron chi connectivity index (χ3n) is 3.70. The summed E-state index contributed by atoms with van der Waals surface area (Å²) < 4.78 is 0. The van der Waals surface area contributed by atoms with Gasteiger partial charge in [-0.05, 0) is 44.5 Å². The second-order valence-electron chi connectivity index (χ2n) is 4.93. The van der Waals surface area contributed by atoms with Gasteiger partial charge in [0.1, 0.15) is 0 Å². The molecule has 1 heterocycles. The lowest BCUT2D eigenvalue weighted by atomic mass is 9.80. The first-order chi connectivity index (χ1) is 8.18. The molecule has 17 heavy (non-hydrogen) atoms. The molecular formula is C14H20N2O. The summed E-state index contributed by atoms with van der Waals surface area (Å²) in [5, 5.41) is 0. The van der Waals surface area contributed by atoms with Gasteiger partial charge in [-0.1, -0.05) is 30.3 Å². The fourth-order valence-electron chi connectivity index (χ4n) is 2.69. The van der Waals surface area contributed by atoms with Gasteiger partial charge in [-0.2, -0.15) is 0 Å². The molecule has 0 bridgehead atoms. The predicted octanol–water partition coefficient (Wildman–Crippen LogP) is 1.60. The molecule has 0 aromatic heterocycles. The molecule has 1 atom stereocenters. The van der Waals surface area contributed by atoms with Crippen LogP contribution in [0.4, 0.5) is 0 Å². The summed E-state index contributed by atoms with van der Waals surface area (Å²) in [5.41, 5.74) is 6.65. The summed E-state index contributed by atoms with van der Waals surface area (Å²) in [5.74, 6) is 0.0850. The van der Waals surface area contributed by atoms with E-state index >= 15 is 0 Å². The molecule has 0 saturated carbocycles. The molecular weight excluding hydrogens is 212 g/mol. The van der Waals surface area contributed by atoms with Crippen LogP contribution in [0, 0.1) is 5.92 Å². The molecule has 2 rings (SSSR count). The Balaban J connectivity index is 2.16. The number of carbonyl (C=O) groups is 1. The van der Waals surface area contributed by atoms with E-state index in [1.54, 1.807) is 0 Å². The first-order valence-corrected chi connectivity index (χ1v) is 6.21. The topological polar surface area (TPSA) is 46.3 Å². The van der Waals surface area contributed by atoms with Gasteiger partial charge in [-0.25, -0.2) is 0 Å². The predicted molar refractivity (Wildman–Crippen MR) is 68.6 cm³/mol. The highest BCUT2D eigenvalue weighted by Crippen LogP contribution is 2.32. The summed E-state index contributed by atoms with van der Waals surface area (Å²) in [4.78, 5) is 14.0. The van der Waals surface area contributed by atoms with E-state index < -0.39 is 0 Å². The van der Waals surface area contributed by atoms with Crippen LogP contribution in [0.25, 0.3) is 0 Å². The fraction of sp³-hybridized carbons (Fsp3) is 0.500. The van der Waals surface area contributed by atoms with Gasteiger partial charge in [0.15, 0.2) is 0 Å². The van der Waals surface area contributed by atoms with Crippen LogP contribution < -0.4 is 5.73 Å². The monoisotopic (exact) mass is 232 g/mol. The Kier molecular flexibility index (Phi) is 3.79. The van der Waals surface area contributed by atoms with Crippen LogP contribution >= 0.6 is 0 Å². The van der Waals surface area contributed by atoms with Crippen LogP contribution in [0.5, 0.6) is 0 Å². The SMILES string of the molecule is CN1CCC([C@H](C(N)=O)c2ccccc2)CC1. The summed E-state index contributed by atoms with van der Waals surface area (Å²) in [6.45, 7) is 2.11. The van der Waals surface area contributed by atoms with Crippen molar-refractivity contribution in [2.45, 2.75) is 18.8 Å². The molecule has 0 radical (unpaired) electrons. The van der Waals surface area contributed by atoms with Gasteiger partial charge in [0, 0.05) is 0 Å². The van der Waals surface area contributed by atoms with Crippen LogP contribution in [0.15, 0.2) is 30.3 Å². The van der Waals surface area contributed by atoms with Crippen LogP contribution in [-0.2, 0) is 4.79 Å². The largest absolute Gasteiger partial charge is 0.369 e. The van der Waals surface area contributed by atoms with Gasteiger partial charge in [0.25, 0.3) is 0 Å². The van der Waals surface area contributed by atoms with Crippen molar-refractivity contribution >= 4 is 5.91 Å². The lowest BCUT2D eigenvalue weighted by Gasteiger charge is -2.33. The Hall–Kier alpha value is -1.35. The zero-order chi connectivity index (χ0) is 12.3. The maximum atomic E-state index is 11.7. The normalized spacial score (nSPS) is 20.1. The van der Waals surface area contributed by atoms with Crippen molar-refractivity contribution in [3.8, 4) is 0 Å². The summed E-state index contributed by atoms with van der Waals surface area (Å²) in [6, 6.07) is 9.93. The molecule has 0 unspecified atom stereocenters. The standard InChI is InChI=1S/C14H20N2O/c1-16-9-7-12(8-10-16)13(14(15)17)11-5-3-2-4-6-11/h2-6,12-13H,7-10H2,1H3,(H2,15,17)/t13-/m1/s1. The Morgan fingerprint density at radius 1 is 1.29 bits per heavy atom. The Bertz CT molecular complexity index is 369. The van der Waals surface area contributed by atoms with Crippen molar-refractivity contribution in [3.05, 3.63) is 35.9 Å². The molecule has 0 spiro atoms. The second kappa shape index (κ2) is 5.32. The highest BCUT2D eigenvalue weighted by atomic mass is 16.1. The minimum Gasteiger partial charge on any atom is -0.369 e. The third kappa shape index (κ3) is 2.86. The highest BCUT2D eigenvalue weighted by molar-refractivity contribution is 5.82. The molecule has 1 aromatic carbocycles. The number of hydrogen-bond acceptors (Lipinski definition) is 2. The van der Waals surface area contributed by atoms with Gasteiger partial charge in [-0.15, -0.1) is 0 Å². The van der Waals surface area contributed by atoms with Crippen molar-refractivity contribution in [3.63, 3.8) is 0 Å². The van der Waals surface area contributed by atoms with E-state index in [2.05, 4.69) is 11.9 Å². The quantitative estimate of drug-likeness (QED) is 0.860. The average molecular weight is 232 g/mol. The number of rotatable bonds is 3. The summed E-state index contributed by atoms with van der Waals surface area (Å²) in [7, 11) is 2.12. The zero-order valence-electron chi connectivity index (χ0n) is 10.3. The number of nitrogens with two attached hydrogens (primary N) is 1. The first-order valence-electron chi connectivity index (χ1n) is 6.21. The number of piperidine rings is 1. The van der Waals surface area contributed by atoms with E-state index in [9.17, 15) is 4.79 Å². The Morgan fingerprint density at radius 2 is 1.88 bits per heavy atom. The van der Waals surface area contributed by atoms with Crippen LogP contribution in [0.3, 0.4) is 0 Å². The first kappa shape index (κ1) is 12.1. The molecule has 1 saturated heterocycles. The van der Waals surface area contributed by atoms with E-state index in [0.29, 0.717) is 5.92 Å². The van der Waals surface area contributed by atoms with E-state index in [0.717, 1.165) is 31.5 Å². The maximum absolute atomic E-state index is 11.7. The number of primary amides is 1. The van der Waals surface area contributed by atoms with Crippen molar-refractivity contribution in [2.75, 3.05) is 20.1 Å². The van der Waals surface area contributed by atoms with Crippen molar-refractivity contribution in [1.29, 1.82) is 0 Å². The molecule has 1 fully saturated rings. The molecule has 92 valence electrons. The van der Waals surface area contributed by atoms with Gasteiger partial charge in [0.2, 0.25) is 5.91 Å². The maximum Gasteiger partial charge on any atom is 0.225 e. The number of hydrogen-bond donors (Lipinski definition) is 1. The Labute approximate surface area is 103 Å². The second-order valence-corrected chi connectivity index (χ2v) is 4.93. The van der Waals surface area contributed by atoms with Crippen LogP contribution in [0.1, 0.15) is 24.3 Å². The number of likely N-dealkylation sites (tertiary alicyclic amines) is 1. The van der Waals surface area contributed by atoms with E-state index in [-0.39, 0.29) is 11.8 Å². The molecule has 3 heteroatoms. The third-order valence-corrected chi connectivity index (χ3v) is 3.70.